The lowest BCUT2D eigenvalue weighted by Gasteiger charge is -2.05. The van der Waals surface area contributed by atoms with E-state index in [1.165, 1.54) is 6.92 Å². The summed E-state index contributed by atoms with van der Waals surface area (Å²) in [4.78, 5) is 23.0. The largest absolute Gasteiger partial charge is 0.478 e. The van der Waals surface area contributed by atoms with Gasteiger partial charge in [0.2, 0.25) is 0 Å². The van der Waals surface area contributed by atoms with Crippen molar-refractivity contribution in [3.05, 3.63) is 22.6 Å². The minimum Gasteiger partial charge on any atom is -0.478 e. The van der Waals surface area contributed by atoms with Crippen LogP contribution in [0.4, 0.5) is 0 Å². The number of carbonyl (C=O) groups is 2. The highest BCUT2D eigenvalue weighted by atomic mass is 16.5. The average Bonchev–Trinajstić information content (AvgIpc) is 2.68. The van der Waals surface area contributed by atoms with Gasteiger partial charge in [0.1, 0.15) is 28.8 Å². The Kier molecular flexibility index (Phi) is 4.49. The second-order valence-electron chi connectivity index (χ2n) is 3.69. The summed E-state index contributed by atoms with van der Waals surface area (Å²) in [5.74, 6) is -1.98. The molecule has 0 bridgehead atoms. The average molecular weight is 256 g/mol. The summed E-state index contributed by atoms with van der Waals surface area (Å²) in [5.41, 5.74) is -0.428. The van der Waals surface area contributed by atoms with Crippen molar-refractivity contribution in [3.63, 3.8) is 0 Å². The van der Waals surface area contributed by atoms with Crippen LogP contribution in [0.25, 0.3) is 0 Å². The second kappa shape index (κ2) is 5.68. The number of hydrogen-bond acceptors (Lipinski definition) is 5. The number of carbonyl (C=O) groups excluding carboxylic acids is 1. The van der Waals surface area contributed by atoms with Crippen molar-refractivity contribution < 1.29 is 29.0 Å². The zero-order chi connectivity index (χ0) is 13.9. The Morgan fingerprint density at radius 1 is 1.33 bits per heavy atom. The van der Waals surface area contributed by atoms with Crippen molar-refractivity contribution >= 4 is 11.9 Å². The van der Waals surface area contributed by atoms with Crippen LogP contribution in [0.3, 0.4) is 0 Å². The first-order chi connectivity index (χ1) is 8.43. The van der Waals surface area contributed by atoms with Crippen LogP contribution in [0.1, 0.15) is 59.1 Å². The first-order valence-corrected chi connectivity index (χ1v) is 5.67. The molecule has 0 spiro atoms. The van der Waals surface area contributed by atoms with E-state index in [9.17, 15) is 14.7 Å². The van der Waals surface area contributed by atoms with E-state index in [-0.39, 0.29) is 29.3 Å². The molecule has 1 heterocycles. The zero-order valence-electron chi connectivity index (χ0n) is 10.5. The summed E-state index contributed by atoms with van der Waals surface area (Å²) in [6.45, 7) is 4.82. The van der Waals surface area contributed by atoms with E-state index in [0.29, 0.717) is 6.42 Å². The Labute approximate surface area is 104 Å². The molecule has 0 aliphatic heterocycles. The number of aryl methyl sites for hydroxylation is 1. The highest BCUT2D eigenvalue weighted by Gasteiger charge is 2.31. The molecule has 1 unspecified atom stereocenters. The molecule has 18 heavy (non-hydrogen) atoms. The number of aromatic carboxylic acids is 1. The third kappa shape index (κ3) is 2.53. The predicted octanol–water partition coefficient (Wildman–Crippen LogP) is 1.77. The maximum atomic E-state index is 11.8. The molecule has 6 nitrogen and oxygen atoms in total. The molecule has 0 radical (unpaired) electrons. The van der Waals surface area contributed by atoms with Crippen LogP contribution in [-0.2, 0) is 11.2 Å². The van der Waals surface area contributed by atoms with Gasteiger partial charge in [-0.2, -0.15) is 0 Å². The van der Waals surface area contributed by atoms with Crippen molar-refractivity contribution in [2.45, 2.75) is 33.3 Å². The highest BCUT2D eigenvalue weighted by molar-refractivity contribution is 6.04. The SMILES string of the molecule is CCOC(=O)c1c(C(C)O)oc(CC)c1C(=O)O. The van der Waals surface area contributed by atoms with Crippen LogP contribution in [0.15, 0.2) is 4.42 Å². The van der Waals surface area contributed by atoms with Gasteiger partial charge in [0, 0.05) is 6.42 Å². The molecule has 0 amide bonds. The van der Waals surface area contributed by atoms with Gasteiger partial charge in [0.05, 0.1) is 6.61 Å². The van der Waals surface area contributed by atoms with E-state index < -0.39 is 18.0 Å². The number of furan rings is 1. The molecule has 0 saturated carbocycles. The maximum absolute atomic E-state index is 11.8. The molecular weight excluding hydrogens is 240 g/mol. The Morgan fingerprint density at radius 3 is 2.33 bits per heavy atom. The lowest BCUT2D eigenvalue weighted by Crippen LogP contribution is -2.13. The molecule has 0 aliphatic carbocycles. The standard InChI is InChI=1S/C12H16O6/c1-4-7-8(11(14)15)9(12(16)17-5-2)10(18-7)6(3)13/h6,13H,4-5H2,1-3H3,(H,14,15). The van der Waals surface area contributed by atoms with Gasteiger partial charge < -0.3 is 19.4 Å². The smallest absolute Gasteiger partial charge is 0.342 e. The van der Waals surface area contributed by atoms with Gasteiger partial charge in [-0.1, -0.05) is 6.92 Å². The van der Waals surface area contributed by atoms with Crippen LogP contribution in [0.2, 0.25) is 0 Å². The fourth-order valence-electron chi connectivity index (χ4n) is 1.67. The highest BCUT2D eigenvalue weighted by Crippen LogP contribution is 2.29. The molecule has 2 N–H and O–H groups in total. The topological polar surface area (TPSA) is 97.0 Å². The Morgan fingerprint density at radius 2 is 1.94 bits per heavy atom. The lowest BCUT2D eigenvalue weighted by molar-refractivity contribution is 0.0505. The lowest BCUT2D eigenvalue weighted by atomic mass is 10.1. The van der Waals surface area contributed by atoms with E-state index in [1.54, 1.807) is 13.8 Å². The summed E-state index contributed by atoms with van der Waals surface area (Å²) in [5, 5.41) is 18.7. The summed E-state index contributed by atoms with van der Waals surface area (Å²) < 4.78 is 10.0. The molecule has 0 aliphatic rings. The third-order valence-electron chi connectivity index (χ3n) is 2.40. The van der Waals surface area contributed by atoms with Gasteiger partial charge in [-0.3, -0.25) is 0 Å². The fraction of sp³-hybridized carbons (Fsp3) is 0.500. The normalized spacial score (nSPS) is 12.2. The summed E-state index contributed by atoms with van der Waals surface area (Å²) in [7, 11) is 0. The summed E-state index contributed by atoms with van der Waals surface area (Å²) in [6, 6.07) is 0. The number of esters is 1. The van der Waals surface area contributed by atoms with Gasteiger partial charge in [0.25, 0.3) is 0 Å². The minimum absolute atomic E-state index is 0.0669. The monoisotopic (exact) mass is 256 g/mol. The van der Waals surface area contributed by atoms with Crippen molar-refractivity contribution in [1.82, 2.24) is 0 Å². The number of aliphatic hydroxyl groups is 1. The molecule has 1 rings (SSSR count). The quantitative estimate of drug-likeness (QED) is 0.779. The van der Waals surface area contributed by atoms with E-state index in [1.807, 2.05) is 0 Å². The van der Waals surface area contributed by atoms with E-state index in [2.05, 4.69) is 0 Å². The van der Waals surface area contributed by atoms with Gasteiger partial charge >= 0.3 is 11.9 Å². The van der Waals surface area contributed by atoms with Crippen LogP contribution in [0, 0.1) is 0 Å². The fourth-order valence-corrected chi connectivity index (χ4v) is 1.67. The summed E-state index contributed by atoms with van der Waals surface area (Å²) >= 11 is 0. The number of rotatable bonds is 5. The molecule has 0 aromatic carbocycles. The molecular formula is C12H16O6. The molecule has 1 atom stereocenters. The predicted molar refractivity (Wildman–Crippen MR) is 61.6 cm³/mol. The number of carboxylic acids is 1. The Bertz CT molecular complexity index is 457. The van der Waals surface area contributed by atoms with E-state index in [0.717, 1.165) is 0 Å². The Hall–Kier alpha value is -1.82. The first kappa shape index (κ1) is 14.2. The number of ether oxygens (including phenoxy) is 1. The molecule has 1 aromatic heterocycles. The van der Waals surface area contributed by atoms with Crippen LogP contribution in [-0.4, -0.2) is 28.8 Å². The van der Waals surface area contributed by atoms with E-state index in [4.69, 9.17) is 14.3 Å². The van der Waals surface area contributed by atoms with Crippen LogP contribution in [0.5, 0.6) is 0 Å². The molecule has 0 saturated heterocycles. The molecule has 0 fully saturated rings. The molecule has 100 valence electrons. The molecule has 1 aromatic rings. The zero-order valence-corrected chi connectivity index (χ0v) is 10.5. The second-order valence-corrected chi connectivity index (χ2v) is 3.69. The number of aliphatic hydroxyl groups excluding tert-OH is 1. The van der Waals surface area contributed by atoms with Crippen molar-refractivity contribution in [2.75, 3.05) is 6.61 Å². The molecule has 6 heteroatoms. The van der Waals surface area contributed by atoms with E-state index >= 15 is 0 Å². The van der Waals surface area contributed by atoms with Crippen molar-refractivity contribution in [2.24, 2.45) is 0 Å². The van der Waals surface area contributed by atoms with Crippen LogP contribution >= 0.6 is 0 Å². The maximum Gasteiger partial charge on any atom is 0.342 e. The minimum atomic E-state index is -1.27. The van der Waals surface area contributed by atoms with Crippen LogP contribution < -0.4 is 0 Å². The van der Waals surface area contributed by atoms with Gasteiger partial charge in [-0.15, -0.1) is 0 Å². The third-order valence-corrected chi connectivity index (χ3v) is 2.40. The first-order valence-electron chi connectivity index (χ1n) is 5.67. The van der Waals surface area contributed by atoms with Crippen molar-refractivity contribution in [3.8, 4) is 0 Å². The van der Waals surface area contributed by atoms with Gasteiger partial charge in [-0.05, 0) is 13.8 Å². The van der Waals surface area contributed by atoms with Gasteiger partial charge in [0.15, 0.2) is 0 Å². The summed E-state index contributed by atoms with van der Waals surface area (Å²) in [6.07, 6.45) is -0.774. The van der Waals surface area contributed by atoms with Gasteiger partial charge in [-0.25, -0.2) is 9.59 Å². The number of hydrogen-bond donors (Lipinski definition) is 2. The van der Waals surface area contributed by atoms with Crippen molar-refractivity contribution in [1.29, 1.82) is 0 Å². The Balaban J connectivity index is 3.46. The number of carboxylic acid groups (broad SMARTS) is 1.